The van der Waals surface area contributed by atoms with Crippen molar-refractivity contribution < 1.29 is 19.1 Å². The number of para-hydroxylation sites is 2. The highest BCUT2D eigenvalue weighted by atomic mass is 16.5. The largest absolute Gasteiger partial charge is 0.490 e. The first kappa shape index (κ1) is 18.1. The van der Waals surface area contributed by atoms with Crippen LogP contribution in [0.4, 0.5) is 0 Å². The summed E-state index contributed by atoms with van der Waals surface area (Å²) in [6.45, 7) is 4.63. The summed E-state index contributed by atoms with van der Waals surface area (Å²) in [5.41, 5.74) is 0. The van der Waals surface area contributed by atoms with Crippen LogP contribution >= 0.6 is 0 Å². The first-order valence-electron chi connectivity index (χ1n) is 8.60. The van der Waals surface area contributed by atoms with E-state index in [1.165, 1.54) is 0 Å². The molecule has 0 atom stereocenters. The maximum absolute atomic E-state index is 11.8. The number of carbonyl (C=O) groups is 2. The van der Waals surface area contributed by atoms with Crippen molar-refractivity contribution in [1.82, 2.24) is 10.2 Å². The zero-order valence-electron chi connectivity index (χ0n) is 14.3. The summed E-state index contributed by atoms with van der Waals surface area (Å²) >= 11 is 0. The van der Waals surface area contributed by atoms with Gasteiger partial charge in [0.25, 0.3) is 0 Å². The standard InChI is InChI=1S/C18H26N2O4/c1-2-23-15-8-3-4-9-16(15)24-13-7-10-17(21)19-14-18(22)20-11-5-6-12-20/h3-4,8-9H,2,5-7,10-14H2,1H3,(H,19,21). The number of nitrogens with zero attached hydrogens (tertiary/aromatic N) is 1. The first-order valence-corrected chi connectivity index (χ1v) is 8.60. The number of hydrogen-bond donors (Lipinski definition) is 1. The summed E-state index contributed by atoms with van der Waals surface area (Å²) in [7, 11) is 0. The van der Waals surface area contributed by atoms with Crippen LogP contribution in [0.5, 0.6) is 11.5 Å². The Labute approximate surface area is 143 Å². The lowest BCUT2D eigenvalue weighted by Crippen LogP contribution is -2.38. The molecule has 1 heterocycles. The van der Waals surface area contributed by atoms with E-state index in [0.29, 0.717) is 37.6 Å². The topological polar surface area (TPSA) is 67.9 Å². The van der Waals surface area contributed by atoms with E-state index >= 15 is 0 Å². The fraction of sp³-hybridized carbons (Fsp3) is 0.556. The number of carbonyl (C=O) groups excluding carboxylic acids is 2. The Bertz CT molecular complexity index is 542. The molecule has 24 heavy (non-hydrogen) atoms. The molecule has 0 spiro atoms. The van der Waals surface area contributed by atoms with Crippen molar-refractivity contribution in [3.05, 3.63) is 24.3 Å². The van der Waals surface area contributed by atoms with E-state index < -0.39 is 0 Å². The highest BCUT2D eigenvalue weighted by molar-refractivity contribution is 5.84. The average Bonchev–Trinajstić information content (AvgIpc) is 3.13. The van der Waals surface area contributed by atoms with Gasteiger partial charge < -0.3 is 19.7 Å². The van der Waals surface area contributed by atoms with Crippen LogP contribution in [0, 0.1) is 0 Å². The van der Waals surface area contributed by atoms with Gasteiger partial charge in [0.2, 0.25) is 11.8 Å². The lowest BCUT2D eigenvalue weighted by atomic mass is 10.3. The molecule has 1 saturated heterocycles. The third-order valence-electron chi connectivity index (χ3n) is 3.85. The van der Waals surface area contributed by atoms with Gasteiger partial charge in [-0.05, 0) is 38.3 Å². The van der Waals surface area contributed by atoms with Crippen molar-refractivity contribution in [2.24, 2.45) is 0 Å². The number of nitrogens with one attached hydrogen (secondary N) is 1. The Morgan fingerprint density at radius 3 is 2.46 bits per heavy atom. The second-order valence-corrected chi connectivity index (χ2v) is 5.70. The van der Waals surface area contributed by atoms with Gasteiger partial charge >= 0.3 is 0 Å². The zero-order chi connectivity index (χ0) is 17.2. The molecule has 1 aromatic rings. The van der Waals surface area contributed by atoms with Gasteiger partial charge in [-0.1, -0.05) is 12.1 Å². The Morgan fingerprint density at radius 1 is 1.12 bits per heavy atom. The second kappa shape index (κ2) is 9.80. The molecule has 1 aliphatic rings. The molecule has 6 heteroatoms. The van der Waals surface area contributed by atoms with E-state index in [1.54, 1.807) is 4.90 Å². The highest BCUT2D eigenvalue weighted by Crippen LogP contribution is 2.26. The third kappa shape index (κ3) is 5.76. The van der Waals surface area contributed by atoms with E-state index in [9.17, 15) is 9.59 Å². The minimum Gasteiger partial charge on any atom is -0.490 e. The van der Waals surface area contributed by atoms with Crippen LogP contribution in [0.2, 0.25) is 0 Å². The Kier molecular flexibility index (Phi) is 7.39. The summed E-state index contributed by atoms with van der Waals surface area (Å²) in [6, 6.07) is 7.48. The zero-order valence-corrected chi connectivity index (χ0v) is 14.3. The molecule has 132 valence electrons. The fourth-order valence-electron chi connectivity index (χ4n) is 2.60. The van der Waals surface area contributed by atoms with E-state index in [1.807, 2.05) is 31.2 Å². The second-order valence-electron chi connectivity index (χ2n) is 5.70. The van der Waals surface area contributed by atoms with Crippen LogP contribution in [-0.2, 0) is 9.59 Å². The van der Waals surface area contributed by atoms with Gasteiger partial charge in [-0.15, -0.1) is 0 Å². The first-order chi connectivity index (χ1) is 11.7. The molecule has 0 bridgehead atoms. The molecule has 0 aliphatic carbocycles. The average molecular weight is 334 g/mol. The molecule has 0 saturated carbocycles. The number of amides is 2. The molecular formula is C18H26N2O4. The number of hydrogen-bond acceptors (Lipinski definition) is 4. The lowest BCUT2D eigenvalue weighted by Gasteiger charge is -2.15. The Morgan fingerprint density at radius 2 is 1.79 bits per heavy atom. The summed E-state index contributed by atoms with van der Waals surface area (Å²) in [5, 5.41) is 2.68. The van der Waals surface area contributed by atoms with Crippen LogP contribution in [0.15, 0.2) is 24.3 Å². The minimum absolute atomic E-state index is 0.00254. The number of likely N-dealkylation sites (tertiary alicyclic amines) is 1. The van der Waals surface area contributed by atoms with Gasteiger partial charge in [-0.2, -0.15) is 0 Å². The molecule has 6 nitrogen and oxygen atoms in total. The summed E-state index contributed by atoms with van der Waals surface area (Å²) in [4.78, 5) is 25.4. The van der Waals surface area contributed by atoms with Crippen molar-refractivity contribution in [3.8, 4) is 11.5 Å². The molecule has 1 fully saturated rings. The highest BCUT2D eigenvalue weighted by Gasteiger charge is 2.17. The van der Waals surface area contributed by atoms with Crippen LogP contribution in [0.1, 0.15) is 32.6 Å². The minimum atomic E-state index is -0.121. The molecule has 0 aromatic heterocycles. The predicted molar refractivity (Wildman–Crippen MR) is 91.2 cm³/mol. The van der Waals surface area contributed by atoms with Crippen LogP contribution in [-0.4, -0.2) is 49.6 Å². The van der Waals surface area contributed by atoms with Crippen LogP contribution < -0.4 is 14.8 Å². The number of benzene rings is 1. The quantitative estimate of drug-likeness (QED) is 0.701. The maximum atomic E-state index is 11.8. The predicted octanol–water partition coefficient (Wildman–Crippen LogP) is 1.98. The third-order valence-corrected chi connectivity index (χ3v) is 3.85. The van der Waals surface area contributed by atoms with Gasteiger partial charge in [0, 0.05) is 19.5 Å². The van der Waals surface area contributed by atoms with Crippen molar-refractivity contribution in [3.63, 3.8) is 0 Å². The molecule has 2 rings (SSSR count). The van der Waals surface area contributed by atoms with Crippen molar-refractivity contribution >= 4 is 11.8 Å². The molecule has 1 N–H and O–H groups in total. The molecular weight excluding hydrogens is 308 g/mol. The van der Waals surface area contributed by atoms with E-state index in [2.05, 4.69) is 5.32 Å². The van der Waals surface area contributed by atoms with Gasteiger partial charge in [0.05, 0.1) is 19.8 Å². The molecule has 0 radical (unpaired) electrons. The monoisotopic (exact) mass is 334 g/mol. The molecule has 0 unspecified atom stereocenters. The lowest BCUT2D eigenvalue weighted by molar-refractivity contribution is -0.132. The van der Waals surface area contributed by atoms with Gasteiger partial charge in [0.15, 0.2) is 11.5 Å². The van der Waals surface area contributed by atoms with Gasteiger partial charge in [0.1, 0.15) is 0 Å². The summed E-state index contributed by atoms with van der Waals surface area (Å²) in [5.74, 6) is 1.27. The molecule has 2 amide bonds. The summed E-state index contributed by atoms with van der Waals surface area (Å²) in [6.07, 6.45) is 3.04. The van der Waals surface area contributed by atoms with Crippen molar-refractivity contribution in [1.29, 1.82) is 0 Å². The molecule has 1 aromatic carbocycles. The van der Waals surface area contributed by atoms with Crippen molar-refractivity contribution in [2.45, 2.75) is 32.6 Å². The number of ether oxygens (including phenoxy) is 2. The normalized spacial score (nSPS) is 13.6. The number of rotatable bonds is 9. The fourth-order valence-corrected chi connectivity index (χ4v) is 2.60. The van der Waals surface area contributed by atoms with Crippen LogP contribution in [0.3, 0.4) is 0 Å². The van der Waals surface area contributed by atoms with Crippen molar-refractivity contribution in [2.75, 3.05) is 32.8 Å². The van der Waals surface area contributed by atoms with Crippen LogP contribution in [0.25, 0.3) is 0 Å². The van der Waals surface area contributed by atoms with E-state index in [-0.39, 0.29) is 18.4 Å². The summed E-state index contributed by atoms with van der Waals surface area (Å²) < 4.78 is 11.1. The Balaban J connectivity index is 1.61. The Hall–Kier alpha value is -2.24. The molecule has 1 aliphatic heterocycles. The SMILES string of the molecule is CCOc1ccccc1OCCCC(=O)NCC(=O)N1CCCC1. The van der Waals surface area contributed by atoms with E-state index in [0.717, 1.165) is 25.9 Å². The smallest absolute Gasteiger partial charge is 0.241 e. The van der Waals surface area contributed by atoms with Gasteiger partial charge in [-0.3, -0.25) is 9.59 Å². The maximum Gasteiger partial charge on any atom is 0.241 e. The van der Waals surface area contributed by atoms with Gasteiger partial charge in [-0.25, -0.2) is 0 Å². The van der Waals surface area contributed by atoms with E-state index in [4.69, 9.17) is 9.47 Å².